The standard InChI is InChI=1S/C22H24FN3O4/c1-5-14-12-29-21-18-15(10-17(23)19(21)25-8-6-24(4)7-9-25)20(27)16(11-26(14)18)22(28)30-13(2)3/h1,10-11,13-14H,6-9,12H2,2-4H3/t14-/m0/s1. The number of rotatable bonds is 3. The summed E-state index contributed by atoms with van der Waals surface area (Å²) in [6.07, 6.45) is 6.69. The van der Waals surface area contributed by atoms with Crippen LogP contribution in [-0.2, 0) is 4.74 Å². The van der Waals surface area contributed by atoms with Crippen molar-refractivity contribution in [1.82, 2.24) is 9.47 Å². The van der Waals surface area contributed by atoms with E-state index in [2.05, 4.69) is 10.8 Å². The molecule has 1 aromatic heterocycles. The molecule has 2 aliphatic rings. The van der Waals surface area contributed by atoms with Crippen LogP contribution in [0.4, 0.5) is 10.1 Å². The van der Waals surface area contributed by atoms with E-state index in [0.29, 0.717) is 30.0 Å². The number of anilines is 1. The number of halogens is 1. The Morgan fingerprint density at radius 3 is 2.67 bits per heavy atom. The Bertz CT molecular complexity index is 1110. The molecule has 0 spiro atoms. The number of benzene rings is 1. The second kappa shape index (κ2) is 7.65. The van der Waals surface area contributed by atoms with Crippen LogP contribution in [0.5, 0.6) is 5.75 Å². The van der Waals surface area contributed by atoms with Gasteiger partial charge in [-0.3, -0.25) is 4.79 Å². The minimum Gasteiger partial charge on any atom is -0.486 e. The number of piperazine rings is 1. The van der Waals surface area contributed by atoms with Gasteiger partial charge in [-0.2, -0.15) is 0 Å². The molecule has 3 heterocycles. The van der Waals surface area contributed by atoms with Crippen LogP contribution in [0, 0.1) is 18.2 Å². The molecule has 4 rings (SSSR count). The number of hydrogen-bond donors (Lipinski definition) is 0. The van der Waals surface area contributed by atoms with Crippen LogP contribution in [0.1, 0.15) is 30.2 Å². The number of hydrogen-bond acceptors (Lipinski definition) is 6. The van der Waals surface area contributed by atoms with Crippen LogP contribution < -0.4 is 15.1 Å². The maximum Gasteiger partial charge on any atom is 0.343 e. The van der Waals surface area contributed by atoms with Gasteiger partial charge in [0.05, 0.1) is 17.0 Å². The molecule has 7 nitrogen and oxygen atoms in total. The average molecular weight is 413 g/mol. The fourth-order valence-electron chi connectivity index (χ4n) is 3.94. The van der Waals surface area contributed by atoms with Gasteiger partial charge < -0.3 is 23.8 Å². The number of ether oxygens (including phenoxy) is 2. The van der Waals surface area contributed by atoms with Crippen molar-refractivity contribution in [3.8, 4) is 18.1 Å². The molecule has 2 aliphatic heterocycles. The van der Waals surface area contributed by atoms with Crippen LogP contribution in [0.3, 0.4) is 0 Å². The summed E-state index contributed by atoms with van der Waals surface area (Å²) in [7, 11) is 2.02. The third kappa shape index (κ3) is 3.29. The summed E-state index contributed by atoms with van der Waals surface area (Å²) in [5.41, 5.74) is -0.0309. The molecule has 1 fully saturated rings. The van der Waals surface area contributed by atoms with E-state index in [1.165, 1.54) is 12.3 Å². The predicted octanol–water partition coefficient (Wildman–Crippen LogP) is 2.02. The van der Waals surface area contributed by atoms with Crippen LogP contribution in [0.15, 0.2) is 17.1 Å². The summed E-state index contributed by atoms with van der Waals surface area (Å²) < 4.78 is 28.0. The molecule has 0 N–H and O–H groups in total. The first kappa shape index (κ1) is 20.2. The quantitative estimate of drug-likeness (QED) is 0.567. The van der Waals surface area contributed by atoms with E-state index < -0.39 is 29.4 Å². The Morgan fingerprint density at radius 1 is 1.33 bits per heavy atom. The number of pyridine rings is 1. The maximum absolute atomic E-state index is 15.3. The predicted molar refractivity (Wildman–Crippen MR) is 112 cm³/mol. The van der Waals surface area contributed by atoms with Gasteiger partial charge in [-0.15, -0.1) is 6.42 Å². The van der Waals surface area contributed by atoms with Crippen LogP contribution in [-0.4, -0.2) is 61.4 Å². The second-order valence-corrected chi connectivity index (χ2v) is 7.95. The van der Waals surface area contributed by atoms with E-state index in [1.807, 2.05) is 11.9 Å². The minimum atomic E-state index is -0.756. The highest BCUT2D eigenvalue weighted by molar-refractivity contribution is 5.98. The van der Waals surface area contributed by atoms with Gasteiger partial charge in [0, 0.05) is 32.4 Å². The van der Waals surface area contributed by atoms with Crippen molar-refractivity contribution in [3.63, 3.8) is 0 Å². The number of carbonyl (C=O) groups excluding carboxylic acids is 1. The van der Waals surface area contributed by atoms with Crippen molar-refractivity contribution >= 4 is 22.6 Å². The Balaban J connectivity index is 1.96. The SMILES string of the molecule is C#C[C@H]1COc2c(N3CCN(C)CC3)c(F)cc3c(=O)c(C(=O)OC(C)C)cn1c23. The summed E-state index contributed by atoms with van der Waals surface area (Å²) in [6.45, 7) is 6.35. The van der Waals surface area contributed by atoms with Crippen LogP contribution >= 0.6 is 0 Å². The lowest BCUT2D eigenvalue weighted by molar-refractivity contribution is 0.0375. The zero-order chi connectivity index (χ0) is 21.6. The number of nitrogens with zero attached hydrogens (tertiary/aromatic N) is 3. The Kier molecular flexibility index (Phi) is 5.16. The Morgan fingerprint density at radius 2 is 2.03 bits per heavy atom. The molecule has 1 saturated heterocycles. The molecule has 0 unspecified atom stereocenters. The summed E-state index contributed by atoms with van der Waals surface area (Å²) in [5, 5.41) is 0.0542. The summed E-state index contributed by atoms with van der Waals surface area (Å²) in [6, 6.07) is 0.650. The molecule has 0 aliphatic carbocycles. The molecule has 1 atom stereocenters. The first-order chi connectivity index (χ1) is 14.3. The number of esters is 1. The highest BCUT2D eigenvalue weighted by Crippen LogP contribution is 2.42. The number of terminal acetylenes is 1. The van der Waals surface area contributed by atoms with Gasteiger partial charge in [0.15, 0.2) is 11.6 Å². The van der Waals surface area contributed by atoms with E-state index in [0.717, 1.165) is 13.1 Å². The van der Waals surface area contributed by atoms with E-state index in [-0.39, 0.29) is 17.6 Å². The fourth-order valence-corrected chi connectivity index (χ4v) is 3.94. The molecule has 8 heteroatoms. The van der Waals surface area contributed by atoms with Crippen molar-refractivity contribution in [2.45, 2.75) is 26.0 Å². The van der Waals surface area contributed by atoms with Crippen LogP contribution in [0.25, 0.3) is 10.9 Å². The highest BCUT2D eigenvalue weighted by atomic mass is 19.1. The molecular formula is C22H24FN3O4. The molecule has 0 bridgehead atoms. The van der Waals surface area contributed by atoms with Gasteiger partial charge in [0.1, 0.15) is 23.9 Å². The van der Waals surface area contributed by atoms with E-state index >= 15 is 4.39 Å². The smallest absolute Gasteiger partial charge is 0.343 e. The minimum absolute atomic E-state index is 0.0542. The van der Waals surface area contributed by atoms with Gasteiger partial charge >= 0.3 is 5.97 Å². The fraction of sp³-hybridized carbons (Fsp3) is 0.455. The average Bonchev–Trinajstić information content (AvgIpc) is 2.70. The van der Waals surface area contributed by atoms with Crippen molar-refractivity contribution in [1.29, 1.82) is 0 Å². The molecule has 0 amide bonds. The molecule has 0 saturated carbocycles. The van der Waals surface area contributed by atoms with Crippen molar-refractivity contribution in [3.05, 3.63) is 33.9 Å². The van der Waals surface area contributed by atoms with Gasteiger partial charge in [0.25, 0.3) is 0 Å². The third-order valence-electron chi connectivity index (χ3n) is 5.49. The second-order valence-electron chi connectivity index (χ2n) is 7.95. The lowest BCUT2D eigenvalue weighted by Crippen LogP contribution is -2.45. The van der Waals surface area contributed by atoms with E-state index in [4.69, 9.17) is 15.9 Å². The molecule has 158 valence electrons. The number of carbonyl (C=O) groups is 1. The zero-order valence-electron chi connectivity index (χ0n) is 17.3. The van der Waals surface area contributed by atoms with Gasteiger partial charge in [0.2, 0.25) is 5.43 Å². The lowest BCUT2D eigenvalue weighted by atomic mass is 10.0. The highest BCUT2D eigenvalue weighted by Gasteiger charge is 2.32. The molecule has 1 aromatic carbocycles. The Labute approximate surface area is 174 Å². The van der Waals surface area contributed by atoms with Gasteiger partial charge in [-0.1, -0.05) is 5.92 Å². The van der Waals surface area contributed by atoms with Gasteiger partial charge in [-0.25, -0.2) is 9.18 Å². The normalized spacial score (nSPS) is 18.9. The third-order valence-corrected chi connectivity index (χ3v) is 5.49. The van der Waals surface area contributed by atoms with Crippen molar-refractivity contribution < 1.29 is 18.7 Å². The summed E-state index contributed by atoms with van der Waals surface area (Å²) in [5.74, 6) is 1.60. The van der Waals surface area contributed by atoms with E-state index in [1.54, 1.807) is 18.4 Å². The molecule has 2 aromatic rings. The Hall–Kier alpha value is -3.05. The van der Waals surface area contributed by atoms with Crippen molar-refractivity contribution in [2.24, 2.45) is 0 Å². The largest absolute Gasteiger partial charge is 0.486 e. The summed E-state index contributed by atoms with van der Waals surface area (Å²) in [4.78, 5) is 29.6. The molecular weight excluding hydrogens is 389 g/mol. The van der Waals surface area contributed by atoms with Gasteiger partial charge in [-0.05, 0) is 27.0 Å². The zero-order valence-corrected chi connectivity index (χ0v) is 17.3. The topological polar surface area (TPSA) is 64.0 Å². The first-order valence-corrected chi connectivity index (χ1v) is 9.96. The molecule has 30 heavy (non-hydrogen) atoms. The molecule has 0 radical (unpaired) electrons. The first-order valence-electron chi connectivity index (χ1n) is 9.96. The summed E-state index contributed by atoms with van der Waals surface area (Å²) >= 11 is 0. The number of likely N-dealkylation sites (N-methyl/N-ethyl adjacent to an activating group) is 1. The maximum atomic E-state index is 15.3. The van der Waals surface area contributed by atoms with Crippen molar-refractivity contribution in [2.75, 3.05) is 44.7 Å². The lowest BCUT2D eigenvalue weighted by Gasteiger charge is -2.36. The monoisotopic (exact) mass is 413 g/mol. The van der Waals surface area contributed by atoms with Crippen LogP contribution in [0.2, 0.25) is 0 Å². The number of aromatic nitrogens is 1. The van der Waals surface area contributed by atoms with E-state index in [9.17, 15) is 9.59 Å².